The van der Waals surface area contributed by atoms with E-state index in [4.69, 9.17) is 25.8 Å². The van der Waals surface area contributed by atoms with E-state index < -0.39 is 23.2 Å². The van der Waals surface area contributed by atoms with Gasteiger partial charge in [0, 0.05) is 43.0 Å². The number of carbonyl (C=O) groups excluding carboxylic acids is 2. The summed E-state index contributed by atoms with van der Waals surface area (Å²) in [5.74, 6) is -1.08. The van der Waals surface area contributed by atoms with E-state index in [1.165, 1.54) is 13.2 Å². The summed E-state index contributed by atoms with van der Waals surface area (Å²) in [5.41, 5.74) is 0.156. The average molecular weight is 478 g/mol. The lowest BCUT2D eigenvalue weighted by atomic mass is 10.1. The fourth-order valence-electron chi connectivity index (χ4n) is 3.47. The number of amides is 1. The molecule has 1 amide bonds. The topological polar surface area (TPSA) is 111 Å². The lowest BCUT2D eigenvalue weighted by Gasteiger charge is -2.36. The number of methoxy groups -OCH3 is 1. The quantitative estimate of drug-likeness (QED) is 0.324. The molecular formula is C22H24ClN3O7. The first-order valence-corrected chi connectivity index (χ1v) is 10.7. The van der Waals surface area contributed by atoms with Crippen LogP contribution in [0.4, 0.5) is 11.4 Å². The number of nitrogens with zero attached hydrogens (tertiary/aromatic N) is 3. The molecule has 11 heteroatoms. The van der Waals surface area contributed by atoms with E-state index in [1.54, 1.807) is 17.9 Å². The van der Waals surface area contributed by atoms with Crippen molar-refractivity contribution in [1.29, 1.82) is 0 Å². The molecule has 0 bridgehead atoms. The van der Waals surface area contributed by atoms with Crippen molar-refractivity contribution in [1.82, 2.24) is 4.90 Å². The Labute approximate surface area is 195 Å². The third-order valence-electron chi connectivity index (χ3n) is 5.13. The van der Waals surface area contributed by atoms with Crippen molar-refractivity contribution in [3.05, 3.63) is 57.1 Å². The van der Waals surface area contributed by atoms with Gasteiger partial charge in [0.1, 0.15) is 5.56 Å². The van der Waals surface area contributed by atoms with Gasteiger partial charge in [0.25, 0.3) is 11.6 Å². The van der Waals surface area contributed by atoms with E-state index in [0.717, 1.165) is 11.8 Å². The fourth-order valence-corrected chi connectivity index (χ4v) is 3.66. The molecule has 3 rings (SSSR count). The van der Waals surface area contributed by atoms with Gasteiger partial charge in [-0.05, 0) is 25.1 Å². The molecule has 1 aliphatic heterocycles. The molecule has 0 saturated carbocycles. The minimum absolute atomic E-state index is 0.119. The van der Waals surface area contributed by atoms with Gasteiger partial charge in [0.15, 0.2) is 18.1 Å². The maximum Gasteiger partial charge on any atom is 0.345 e. The predicted molar refractivity (Wildman–Crippen MR) is 121 cm³/mol. The number of nitro benzene ring substituents is 1. The van der Waals surface area contributed by atoms with Gasteiger partial charge in [-0.1, -0.05) is 17.7 Å². The molecule has 0 atom stereocenters. The zero-order valence-electron chi connectivity index (χ0n) is 18.3. The standard InChI is InChI=1S/C22H24ClN3O7/c1-3-32-20-12-17(18(26(29)30)13-19(20)31-2)22(28)33-14-21(27)25-9-7-24(8-10-25)16-6-4-5-15(23)11-16/h4-6,11-13H,3,7-10,14H2,1-2H3. The first-order chi connectivity index (χ1) is 15.8. The van der Waals surface area contributed by atoms with Crippen LogP contribution in [-0.2, 0) is 9.53 Å². The predicted octanol–water partition coefficient (Wildman–Crippen LogP) is 3.16. The fraction of sp³-hybridized carbons (Fsp3) is 0.364. The lowest BCUT2D eigenvalue weighted by Crippen LogP contribution is -2.49. The van der Waals surface area contributed by atoms with Gasteiger partial charge in [0.2, 0.25) is 0 Å². The average Bonchev–Trinajstić information content (AvgIpc) is 2.82. The number of benzene rings is 2. The summed E-state index contributed by atoms with van der Waals surface area (Å²) in [6.45, 7) is 3.55. The summed E-state index contributed by atoms with van der Waals surface area (Å²) in [4.78, 5) is 39.5. The molecule has 0 spiro atoms. The molecule has 176 valence electrons. The Kier molecular flexibility index (Phi) is 7.94. The van der Waals surface area contributed by atoms with Crippen LogP contribution in [0.3, 0.4) is 0 Å². The molecule has 1 fully saturated rings. The number of nitro groups is 1. The molecule has 1 saturated heterocycles. The second-order valence-corrected chi connectivity index (χ2v) is 7.57. The molecule has 0 aromatic heterocycles. The summed E-state index contributed by atoms with van der Waals surface area (Å²) < 4.78 is 15.6. The minimum Gasteiger partial charge on any atom is -0.493 e. The molecular weight excluding hydrogens is 454 g/mol. The van der Waals surface area contributed by atoms with E-state index >= 15 is 0 Å². The molecule has 0 radical (unpaired) electrons. The van der Waals surface area contributed by atoms with Gasteiger partial charge < -0.3 is 24.0 Å². The van der Waals surface area contributed by atoms with Gasteiger partial charge >= 0.3 is 5.97 Å². The largest absolute Gasteiger partial charge is 0.493 e. The highest BCUT2D eigenvalue weighted by Gasteiger charge is 2.28. The molecule has 1 heterocycles. The van der Waals surface area contributed by atoms with Crippen molar-refractivity contribution in [2.24, 2.45) is 0 Å². The van der Waals surface area contributed by atoms with Crippen LogP contribution in [0.5, 0.6) is 11.5 Å². The van der Waals surface area contributed by atoms with Crippen LogP contribution in [0.15, 0.2) is 36.4 Å². The second kappa shape index (κ2) is 10.9. The van der Waals surface area contributed by atoms with Gasteiger partial charge in [-0.3, -0.25) is 14.9 Å². The van der Waals surface area contributed by atoms with E-state index in [0.29, 0.717) is 31.2 Å². The number of anilines is 1. The lowest BCUT2D eigenvalue weighted by molar-refractivity contribution is -0.385. The highest BCUT2D eigenvalue weighted by Crippen LogP contribution is 2.35. The van der Waals surface area contributed by atoms with Gasteiger partial charge in [-0.25, -0.2) is 4.79 Å². The smallest absolute Gasteiger partial charge is 0.345 e. The Balaban J connectivity index is 1.62. The Morgan fingerprint density at radius 2 is 1.85 bits per heavy atom. The third-order valence-corrected chi connectivity index (χ3v) is 5.37. The Morgan fingerprint density at radius 3 is 2.45 bits per heavy atom. The first kappa shape index (κ1) is 24.1. The molecule has 2 aromatic carbocycles. The van der Waals surface area contributed by atoms with Crippen LogP contribution in [0.25, 0.3) is 0 Å². The molecule has 10 nitrogen and oxygen atoms in total. The number of hydrogen-bond acceptors (Lipinski definition) is 8. The summed E-state index contributed by atoms with van der Waals surface area (Å²) >= 11 is 6.04. The van der Waals surface area contributed by atoms with Crippen molar-refractivity contribution in [2.75, 3.05) is 51.4 Å². The summed E-state index contributed by atoms with van der Waals surface area (Å²) in [7, 11) is 1.34. The van der Waals surface area contributed by atoms with Crippen molar-refractivity contribution >= 4 is 34.9 Å². The highest BCUT2D eigenvalue weighted by atomic mass is 35.5. The zero-order chi connectivity index (χ0) is 24.0. The van der Waals surface area contributed by atoms with E-state index in [9.17, 15) is 19.7 Å². The van der Waals surface area contributed by atoms with E-state index in [1.807, 2.05) is 18.2 Å². The Morgan fingerprint density at radius 1 is 1.12 bits per heavy atom. The van der Waals surface area contributed by atoms with Gasteiger partial charge in [-0.15, -0.1) is 0 Å². The highest BCUT2D eigenvalue weighted by molar-refractivity contribution is 6.30. The van der Waals surface area contributed by atoms with Gasteiger partial charge in [0.05, 0.1) is 24.7 Å². The number of ether oxygens (including phenoxy) is 3. The molecule has 0 aliphatic carbocycles. The molecule has 1 aliphatic rings. The van der Waals surface area contributed by atoms with Crippen LogP contribution < -0.4 is 14.4 Å². The number of esters is 1. The van der Waals surface area contributed by atoms with Crippen LogP contribution >= 0.6 is 11.6 Å². The molecule has 33 heavy (non-hydrogen) atoms. The third kappa shape index (κ3) is 5.83. The Bertz CT molecular complexity index is 1040. The number of piperazine rings is 1. The van der Waals surface area contributed by atoms with Crippen LogP contribution in [0.1, 0.15) is 17.3 Å². The van der Waals surface area contributed by atoms with E-state index in [2.05, 4.69) is 4.90 Å². The second-order valence-electron chi connectivity index (χ2n) is 7.13. The van der Waals surface area contributed by atoms with Crippen molar-refractivity contribution < 1.29 is 28.7 Å². The SMILES string of the molecule is CCOc1cc(C(=O)OCC(=O)N2CCN(c3cccc(Cl)c3)CC2)c([N+](=O)[O-])cc1OC. The number of hydrogen-bond donors (Lipinski definition) is 0. The molecule has 0 unspecified atom stereocenters. The van der Waals surface area contributed by atoms with Crippen molar-refractivity contribution in [2.45, 2.75) is 6.92 Å². The molecule has 2 aromatic rings. The first-order valence-electron chi connectivity index (χ1n) is 10.3. The summed E-state index contributed by atoms with van der Waals surface area (Å²) in [6, 6.07) is 9.76. The minimum atomic E-state index is -0.990. The van der Waals surface area contributed by atoms with Crippen molar-refractivity contribution in [3.63, 3.8) is 0 Å². The van der Waals surface area contributed by atoms with Crippen LogP contribution in [-0.4, -0.2) is 68.2 Å². The number of rotatable bonds is 8. The number of halogens is 1. The van der Waals surface area contributed by atoms with Crippen LogP contribution in [0, 0.1) is 10.1 Å². The maximum absolute atomic E-state index is 12.6. The zero-order valence-corrected chi connectivity index (χ0v) is 19.0. The van der Waals surface area contributed by atoms with Gasteiger partial charge in [-0.2, -0.15) is 0 Å². The molecule has 0 N–H and O–H groups in total. The van der Waals surface area contributed by atoms with Crippen LogP contribution in [0.2, 0.25) is 5.02 Å². The maximum atomic E-state index is 12.6. The summed E-state index contributed by atoms with van der Waals surface area (Å²) in [5, 5.41) is 12.1. The number of carbonyl (C=O) groups is 2. The van der Waals surface area contributed by atoms with Crippen molar-refractivity contribution in [3.8, 4) is 11.5 Å². The monoisotopic (exact) mass is 477 g/mol. The Hall–Kier alpha value is -3.53. The summed E-state index contributed by atoms with van der Waals surface area (Å²) in [6.07, 6.45) is 0. The normalized spacial score (nSPS) is 13.4. The van der Waals surface area contributed by atoms with E-state index in [-0.39, 0.29) is 29.6 Å².